The zero-order valence-corrected chi connectivity index (χ0v) is 22.4. The summed E-state index contributed by atoms with van der Waals surface area (Å²) in [4.78, 5) is 28.9. The van der Waals surface area contributed by atoms with E-state index in [1.165, 1.54) is 0 Å². The van der Waals surface area contributed by atoms with Crippen molar-refractivity contribution in [3.63, 3.8) is 0 Å². The minimum atomic E-state index is -3.85. The maximum atomic E-state index is 14.8. The van der Waals surface area contributed by atoms with Gasteiger partial charge in [-0.05, 0) is 71.8 Å². The highest BCUT2D eigenvalue weighted by molar-refractivity contribution is 7.89. The second kappa shape index (κ2) is 11.5. The van der Waals surface area contributed by atoms with Crippen molar-refractivity contribution < 1.29 is 27.1 Å². The SMILES string of the molecule is CN1CNC(C2CC(Cl)C(F)C(C(=O)NNS(=O)(=O)CC3CCC(NC(=O)OC(C)(C)C)C3)C2)C1. The van der Waals surface area contributed by atoms with Crippen LogP contribution in [0.15, 0.2) is 0 Å². The predicted octanol–water partition coefficient (Wildman–Crippen LogP) is 1.46. The van der Waals surface area contributed by atoms with Gasteiger partial charge >= 0.3 is 6.09 Å². The number of alkyl halides is 2. The van der Waals surface area contributed by atoms with Crippen LogP contribution in [-0.2, 0) is 19.6 Å². The summed E-state index contributed by atoms with van der Waals surface area (Å²) < 4.78 is 45.2. The van der Waals surface area contributed by atoms with Crippen LogP contribution >= 0.6 is 11.6 Å². The van der Waals surface area contributed by atoms with Crippen molar-refractivity contribution in [1.82, 2.24) is 25.8 Å². The van der Waals surface area contributed by atoms with Crippen molar-refractivity contribution in [1.29, 1.82) is 0 Å². The molecule has 3 aliphatic rings. The van der Waals surface area contributed by atoms with Gasteiger partial charge < -0.3 is 10.1 Å². The summed E-state index contributed by atoms with van der Waals surface area (Å²) in [5.41, 5.74) is 1.60. The van der Waals surface area contributed by atoms with Crippen molar-refractivity contribution in [2.75, 3.05) is 26.0 Å². The van der Waals surface area contributed by atoms with E-state index in [1.54, 1.807) is 20.8 Å². The number of amides is 2. The number of nitrogens with one attached hydrogen (secondary N) is 4. The maximum absolute atomic E-state index is 14.8. The summed E-state index contributed by atoms with van der Waals surface area (Å²) in [6.07, 6.45) is 0.421. The first-order valence-corrected chi connectivity index (χ1v) is 14.3. The quantitative estimate of drug-likeness (QED) is 0.285. The number of rotatable bonds is 7. The number of nitrogens with zero attached hydrogens (tertiary/aromatic N) is 1. The fraction of sp³-hybridized carbons (Fsp3) is 0.909. The fourth-order valence-electron chi connectivity index (χ4n) is 5.26. The molecule has 0 bridgehead atoms. The maximum Gasteiger partial charge on any atom is 0.407 e. The molecular formula is C22H39ClFN5O5S. The van der Waals surface area contributed by atoms with E-state index in [0.29, 0.717) is 32.1 Å². The van der Waals surface area contributed by atoms with Gasteiger partial charge in [0.1, 0.15) is 11.8 Å². The van der Waals surface area contributed by atoms with Gasteiger partial charge in [0.2, 0.25) is 15.9 Å². The lowest BCUT2D eigenvalue weighted by Crippen LogP contribution is -2.52. The Bertz CT molecular complexity index is 873. The Balaban J connectivity index is 1.46. The van der Waals surface area contributed by atoms with Gasteiger partial charge in [-0.25, -0.2) is 17.6 Å². The molecule has 7 atom stereocenters. The van der Waals surface area contributed by atoms with Gasteiger partial charge in [0.15, 0.2) is 0 Å². The number of carbonyl (C=O) groups excluding carboxylic acids is 2. The number of halogens is 2. The van der Waals surface area contributed by atoms with E-state index in [4.69, 9.17) is 16.3 Å². The molecule has 4 N–H and O–H groups in total. The Kier molecular flexibility index (Phi) is 9.28. The molecule has 10 nitrogen and oxygen atoms in total. The Morgan fingerprint density at radius 1 is 1.20 bits per heavy atom. The molecule has 0 aromatic heterocycles. The number of likely N-dealkylation sites (N-methyl/N-ethyl adjacent to an activating group) is 1. The first-order chi connectivity index (χ1) is 16.2. The second-order valence-electron chi connectivity index (χ2n) is 11.2. The number of sulfonamides is 1. The van der Waals surface area contributed by atoms with E-state index in [2.05, 4.69) is 25.8 Å². The molecule has 3 rings (SSSR count). The van der Waals surface area contributed by atoms with Crippen LogP contribution in [0.1, 0.15) is 52.9 Å². The van der Waals surface area contributed by atoms with Crippen LogP contribution in [0.2, 0.25) is 0 Å². The summed E-state index contributed by atoms with van der Waals surface area (Å²) in [5, 5.41) is 5.33. The fourth-order valence-corrected chi connectivity index (χ4v) is 6.93. The topological polar surface area (TPSA) is 129 Å². The molecular weight excluding hydrogens is 501 g/mol. The smallest absolute Gasteiger partial charge is 0.407 e. The van der Waals surface area contributed by atoms with E-state index < -0.39 is 45.1 Å². The number of alkyl carbamates (subject to hydrolysis) is 1. The molecule has 0 aromatic carbocycles. The third-order valence-corrected chi connectivity index (χ3v) is 8.64. The normalized spacial score (nSPS) is 34.5. The zero-order valence-electron chi connectivity index (χ0n) is 20.9. The lowest BCUT2D eigenvalue weighted by atomic mass is 9.76. The van der Waals surface area contributed by atoms with Crippen molar-refractivity contribution in [3.8, 4) is 0 Å². The van der Waals surface area contributed by atoms with Gasteiger partial charge in [-0.3, -0.25) is 20.4 Å². The lowest BCUT2D eigenvalue weighted by molar-refractivity contribution is -0.129. The van der Waals surface area contributed by atoms with Crippen molar-refractivity contribution in [2.45, 2.75) is 82.1 Å². The Morgan fingerprint density at radius 2 is 1.91 bits per heavy atom. The molecule has 0 spiro atoms. The molecule has 13 heteroatoms. The van der Waals surface area contributed by atoms with Crippen molar-refractivity contribution in [2.24, 2.45) is 17.8 Å². The molecule has 7 unspecified atom stereocenters. The Labute approximate surface area is 212 Å². The molecule has 1 saturated heterocycles. The molecule has 2 saturated carbocycles. The summed E-state index contributed by atoms with van der Waals surface area (Å²) in [5.74, 6) is -2.10. The van der Waals surface area contributed by atoms with Crippen LogP contribution in [0, 0.1) is 17.8 Å². The van der Waals surface area contributed by atoms with E-state index in [9.17, 15) is 22.4 Å². The lowest BCUT2D eigenvalue weighted by Gasteiger charge is -2.37. The summed E-state index contributed by atoms with van der Waals surface area (Å²) >= 11 is 6.23. The standard InChI is InChI=1S/C22H39ClFN5O5S/c1-22(2,3)34-21(31)26-15-6-5-13(7-15)11-35(32,33)28-27-20(30)16-8-14(9-17(23)19(16)24)18-10-29(4)12-25-18/h13-19,25,28H,5-12H2,1-4H3,(H,26,31)(H,27,30). The van der Waals surface area contributed by atoms with Crippen LogP contribution in [0.5, 0.6) is 0 Å². The minimum absolute atomic E-state index is 0.0229. The van der Waals surface area contributed by atoms with Crippen molar-refractivity contribution >= 4 is 33.6 Å². The third kappa shape index (κ3) is 8.41. The number of hydrogen-bond acceptors (Lipinski definition) is 7. The van der Waals surface area contributed by atoms with Crippen molar-refractivity contribution in [3.05, 3.63) is 0 Å². The summed E-state index contributed by atoms with van der Waals surface area (Å²) in [6, 6.07) is -0.0552. The number of carbonyl (C=O) groups is 2. The Morgan fingerprint density at radius 3 is 2.54 bits per heavy atom. The van der Waals surface area contributed by atoms with E-state index >= 15 is 0 Å². The molecule has 1 aliphatic heterocycles. The van der Waals surface area contributed by atoms with Gasteiger partial charge in [0.05, 0.1) is 17.0 Å². The highest BCUT2D eigenvalue weighted by Gasteiger charge is 2.44. The third-order valence-electron chi connectivity index (χ3n) is 6.90. The number of ether oxygens (including phenoxy) is 1. The molecule has 2 amide bonds. The molecule has 0 aromatic rings. The molecule has 35 heavy (non-hydrogen) atoms. The highest BCUT2D eigenvalue weighted by atomic mass is 35.5. The summed E-state index contributed by atoms with van der Waals surface area (Å²) in [6.45, 7) is 6.82. The van der Waals surface area contributed by atoms with Crippen LogP contribution in [0.3, 0.4) is 0 Å². The monoisotopic (exact) mass is 539 g/mol. The van der Waals surface area contributed by atoms with E-state index in [1.807, 2.05) is 7.05 Å². The van der Waals surface area contributed by atoms with Gasteiger partial charge in [0.25, 0.3) is 0 Å². The van der Waals surface area contributed by atoms with Crippen LogP contribution < -0.4 is 20.9 Å². The molecule has 202 valence electrons. The van der Waals surface area contributed by atoms with Gasteiger partial charge in [-0.15, -0.1) is 16.4 Å². The van der Waals surface area contributed by atoms with Gasteiger partial charge in [0, 0.05) is 25.3 Å². The second-order valence-corrected chi connectivity index (χ2v) is 13.5. The molecule has 2 aliphatic carbocycles. The van der Waals surface area contributed by atoms with Gasteiger partial charge in [-0.2, -0.15) is 0 Å². The van der Waals surface area contributed by atoms with Crippen LogP contribution in [0.25, 0.3) is 0 Å². The average Bonchev–Trinajstić information content (AvgIpc) is 3.35. The molecule has 3 fully saturated rings. The van der Waals surface area contributed by atoms with E-state index in [-0.39, 0.29) is 29.7 Å². The first-order valence-electron chi connectivity index (χ1n) is 12.2. The van der Waals surface area contributed by atoms with E-state index in [0.717, 1.165) is 13.2 Å². The average molecular weight is 540 g/mol. The molecule has 1 heterocycles. The largest absolute Gasteiger partial charge is 0.444 e. The van der Waals surface area contributed by atoms with Gasteiger partial charge in [-0.1, -0.05) is 0 Å². The highest BCUT2D eigenvalue weighted by Crippen LogP contribution is 2.37. The first kappa shape index (κ1) is 28.4. The number of hydrogen-bond donors (Lipinski definition) is 4. The predicted molar refractivity (Wildman–Crippen MR) is 131 cm³/mol. The van der Waals surface area contributed by atoms with Crippen LogP contribution in [-0.4, -0.2) is 80.6 Å². The Hall–Kier alpha value is -1.21. The molecule has 0 radical (unpaired) electrons. The summed E-state index contributed by atoms with van der Waals surface area (Å²) in [7, 11) is -1.87. The number of hydrazine groups is 1. The van der Waals surface area contributed by atoms with Crippen LogP contribution in [0.4, 0.5) is 9.18 Å². The zero-order chi connectivity index (χ0) is 26.0. The minimum Gasteiger partial charge on any atom is -0.444 e.